The van der Waals surface area contributed by atoms with Crippen molar-refractivity contribution in [1.82, 2.24) is 4.90 Å². The van der Waals surface area contributed by atoms with Crippen LogP contribution in [-0.4, -0.2) is 43.2 Å². The summed E-state index contributed by atoms with van der Waals surface area (Å²) in [6.07, 6.45) is -0.624. The molecule has 1 heterocycles. The molecule has 1 aliphatic heterocycles. The van der Waals surface area contributed by atoms with Gasteiger partial charge in [0.2, 0.25) is 0 Å². The fraction of sp³-hybridized carbons (Fsp3) is 0.350. The molecule has 0 bridgehead atoms. The number of hydrogen-bond donors (Lipinski definition) is 1. The van der Waals surface area contributed by atoms with Crippen LogP contribution in [0.4, 0.5) is 5.69 Å². The molecule has 138 valence electrons. The molecule has 0 saturated carbocycles. The lowest BCUT2D eigenvalue weighted by Crippen LogP contribution is -2.35. The van der Waals surface area contributed by atoms with E-state index in [4.69, 9.17) is 21.1 Å². The zero-order valence-corrected chi connectivity index (χ0v) is 15.5. The maximum atomic E-state index is 12.3. The van der Waals surface area contributed by atoms with Gasteiger partial charge in [0.05, 0.1) is 13.2 Å². The average Bonchev–Trinajstić information content (AvgIpc) is 2.64. The Morgan fingerprint density at radius 3 is 2.65 bits per heavy atom. The first-order chi connectivity index (χ1) is 12.6. The normalized spacial score (nSPS) is 16.1. The first kappa shape index (κ1) is 18.7. The molecule has 0 aromatic heterocycles. The monoisotopic (exact) mass is 374 g/mol. The third-order valence-electron chi connectivity index (χ3n) is 4.21. The van der Waals surface area contributed by atoms with Gasteiger partial charge in [-0.25, -0.2) is 0 Å². The quantitative estimate of drug-likeness (QED) is 0.839. The van der Waals surface area contributed by atoms with Crippen molar-refractivity contribution in [3.05, 3.63) is 59.1 Å². The second-order valence-corrected chi connectivity index (χ2v) is 6.73. The molecule has 1 atom stereocenters. The van der Waals surface area contributed by atoms with Crippen LogP contribution in [0.25, 0.3) is 0 Å². The van der Waals surface area contributed by atoms with Gasteiger partial charge in [-0.1, -0.05) is 29.8 Å². The third kappa shape index (κ3) is 5.46. The molecule has 3 rings (SSSR count). The Hall–Kier alpha value is -2.08. The van der Waals surface area contributed by atoms with Crippen molar-refractivity contribution in [2.75, 3.05) is 31.6 Å². The smallest absolute Gasteiger partial charge is 0.265 e. The molecule has 0 aliphatic carbocycles. The van der Waals surface area contributed by atoms with Crippen LogP contribution < -0.4 is 10.1 Å². The number of morpholine rings is 1. The molecule has 1 amide bonds. The maximum absolute atomic E-state index is 12.3. The average molecular weight is 375 g/mol. The SMILES string of the molecule is CC(Oc1cccc(Cl)c1)C(=O)Nc1ccc(CN2CCOCC2)cc1. The first-order valence-corrected chi connectivity index (χ1v) is 9.10. The van der Waals surface area contributed by atoms with Gasteiger partial charge in [-0.15, -0.1) is 0 Å². The van der Waals surface area contributed by atoms with Crippen molar-refractivity contribution in [1.29, 1.82) is 0 Å². The number of ether oxygens (including phenoxy) is 2. The fourth-order valence-corrected chi connectivity index (χ4v) is 2.93. The molecule has 5 nitrogen and oxygen atoms in total. The molecule has 1 fully saturated rings. The second-order valence-electron chi connectivity index (χ2n) is 6.29. The van der Waals surface area contributed by atoms with E-state index >= 15 is 0 Å². The van der Waals surface area contributed by atoms with Gasteiger partial charge in [0, 0.05) is 30.3 Å². The number of nitrogens with zero attached hydrogens (tertiary/aromatic N) is 1. The predicted molar refractivity (Wildman–Crippen MR) is 103 cm³/mol. The lowest BCUT2D eigenvalue weighted by atomic mass is 10.2. The standard InChI is InChI=1S/C20H23ClN2O3/c1-15(26-19-4-2-3-17(21)13-19)20(24)22-18-7-5-16(6-8-18)14-23-9-11-25-12-10-23/h2-8,13,15H,9-12,14H2,1H3,(H,22,24). The molecule has 1 unspecified atom stereocenters. The summed E-state index contributed by atoms with van der Waals surface area (Å²) in [5.41, 5.74) is 1.97. The van der Waals surface area contributed by atoms with Gasteiger partial charge in [0.1, 0.15) is 5.75 Å². The van der Waals surface area contributed by atoms with Crippen molar-refractivity contribution in [3.63, 3.8) is 0 Å². The van der Waals surface area contributed by atoms with E-state index in [1.54, 1.807) is 31.2 Å². The molecular weight excluding hydrogens is 352 g/mol. The van der Waals surface area contributed by atoms with Gasteiger partial charge < -0.3 is 14.8 Å². The van der Waals surface area contributed by atoms with Crippen LogP contribution in [0, 0.1) is 0 Å². The van der Waals surface area contributed by atoms with Crippen LogP contribution >= 0.6 is 11.6 Å². The largest absolute Gasteiger partial charge is 0.481 e. The summed E-state index contributed by atoms with van der Waals surface area (Å²) in [5.74, 6) is 0.368. The fourth-order valence-electron chi connectivity index (χ4n) is 2.75. The zero-order chi connectivity index (χ0) is 18.4. The number of benzene rings is 2. The van der Waals surface area contributed by atoms with Gasteiger partial charge in [0.15, 0.2) is 6.10 Å². The van der Waals surface area contributed by atoms with E-state index in [0.29, 0.717) is 10.8 Å². The molecule has 1 saturated heterocycles. The predicted octanol–water partition coefficient (Wildman–Crippen LogP) is 3.58. The van der Waals surface area contributed by atoms with Crippen molar-refractivity contribution >= 4 is 23.2 Å². The van der Waals surface area contributed by atoms with Crippen molar-refractivity contribution in [3.8, 4) is 5.75 Å². The van der Waals surface area contributed by atoms with Crippen LogP contribution in [0.1, 0.15) is 12.5 Å². The Bertz CT molecular complexity index is 730. The second kappa shape index (κ2) is 9.03. The van der Waals surface area contributed by atoms with Crippen molar-refractivity contribution < 1.29 is 14.3 Å². The summed E-state index contributed by atoms with van der Waals surface area (Å²) in [5, 5.41) is 3.45. The Labute approximate surface area is 158 Å². The summed E-state index contributed by atoms with van der Waals surface area (Å²) in [4.78, 5) is 14.7. The molecular formula is C20H23ClN2O3. The zero-order valence-electron chi connectivity index (χ0n) is 14.8. The number of carbonyl (C=O) groups is 1. The topological polar surface area (TPSA) is 50.8 Å². The Balaban J connectivity index is 1.51. The van der Waals surface area contributed by atoms with Gasteiger partial charge in [0.25, 0.3) is 5.91 Å². The minimum atomic E-state index is -0.624. The summed E-state index contributed by atoms with van der Waals surface area (Å²) in [7, 11) is 0. The third-order valence-corrected chi connectivity index (χ3v) is 4.44. The molecule has 0 spiro atoms. The lowest BCUT2D eigenvalue weighted by Gasteiger charge is -2.26. The summed E-state index contributed by atoms with van der Waals surface area (Å²) in [6, 6.07) is 14.9. The number of carbonyl (C=O) groups excluding carboxylic acids is 1. The molecule has 0 radical (unpaired) electrons. The van der Waals surface area contributed by atoms with E-state index < -0.39 is 6.10 Å². The highest BCUT2D eigenvalue weighted by Crippen LogP contribution is 2.19. The van der Waals surface area contributed by atoms with Crippen molar-refractivity contribution in [2.45, 2.75) is 19.6 Å². The lowest BCUT2D eigenvalue weighted by molar-refractivity contribution is -0.122. The molecule has 1 N–H and O–H groups in total. The molecule has 2 aromatic carbocycles. The number of rotatable bonds is 6. The highest BCUT2D eigenvalue weighted by Gasteiger charge is 2.15. The van der Waals surface area contributed by atoms with E-state index in [1.165, 1.54) is 5.56 Å². The van der Waals surface area contributed by atoms with Crippen LogP contribution in [0.3, 0.4) is 0 Å². The van der Waals surface area contributed by atoms with Crippen LogP contribution in [0.15, 0.2) is 48.5 Å². The minimum Gasteiger partial charge on any atom is -0.481 e. The maximum Gasteiger partial charge on any atom is 0.265 e. The molecule has 1 aliphatic rings. The number of amides is 1. The van der Waals surface area contributed by atoms with Gasteiger partial charge in [-0.2, -0.15) is 0 Å². The number of halogens is 1. The Kier molecular flexibility index (Phi) is 6.50. The van der Waals surface area contributed by atoms with E-state index in [9.17, 15) is 4.79 Å². The van der Waals surface area contributed by atoms with Crippen molar-refractivity contribution in [2.24, 2.45) is 0 Å². The summed E-state index contributed by atoms with van der Waals surface area (Å²) >= 11 is 5.93. The number of anilines is 1. The Morgan fingerprint density at radius 1 is 1.23 bits per heavy atom. The van der Waals surface area contributed by atoms with E-state index in [1.807, 2.05) is 24.3 Å². The van der Waals surface area contributed by atoms with Crippen LogP contribution in [-0.2, 0) is 16.1 Å². The summed E-state index contributed by atoms with van der Waals surface area (Å²) < 4.78 is 11.0. The van der Waals surface area contributed by atoms with Gasteiger partial charge in [-0.05, 0) is 42.8 Å². The highest BCUT2D eigenvalue weighted by atomic mass is 35.5. The van der Waals surface area contributed by atoms with Crippen LogP contribution in [0.2, 0.25) is 5.02 Å². The molecule has 26 heavy (non-hydrogen) atoms. The summed E-state index contributed by atoms with van der Waals surface area (Å²) in [6.45, 7) is 6.10. The Morgan fingerprint density at radius 2 is 1.96 bits per heavy atom. The highest BCUT2D eigenvalue weighted by molar-refractivity contribution is 6.30. The number of hydrogen-bond acceptors (Lipinski definition) is 4. The van der Waals surface area contributed by atoms with Crippen LogP contribution in [0.5, 0.6) is 5.75 Å². The van der Waals surface area contributed by atoms with E-state index in [2.05, 4.69) is 10.2 Å². The van der Waals surface area contributed by atoms with E-state index in [-0.39, 0.29) is 5.91 Å². The van der Waals surface area contributed by atoms with E-state index in [0.717, 1.165) is 38.5 Å². The first-order valence-electron chi connectivity index (χ1n) is 8.72. The molecule has 2 aromatic rings. The van der Waals surface area contributed by atoms with Gasteiger partial charge in [-0.3, -0.25) is 9.69 Å². The van der Waals surface area contributed by atoms with Gasteiger partial charge >= 0.3 is 0 Å². The molecule has 6 heteroatoms. The minimum absolute atomic E-state index is 0.203. The number of nitrogens with one attached hydrogen (secondary N) is 1.